The number of alkyl halides is 1. The van der Waals surface area contributed by atoms with Crippen molar-refractivity contribution >= 4 is 23.2 Å². The van der Waals surface area contributed by atoms with Crippen molar-refractivity contribution in [3.05, 3.63) is 63.9 Å². The molecule has 7 heteroatoms. The largest absolute Gasteiger partial charge is 0.388 e. The number of benzene rings is 2. The third-order valence-electron chi connectivity index (χ3n) is 6.02. The third-order valence-corrected chi connectivity index (χ3v) is 6.31. The number of hydrogen-bond acceptors (Lipinski definition) is 3. The zero-order chi connectivity index (χ0) is 23.1. The van der Waals surface area contributed by atoms with Crippen molar-refractivity contribution in [1.82, 2.24) is 0 Å². The minimum atomic E-state index is -0.785. The topological polar surface area (TPSA) is 58.6 Å². The molecule has 0 aromatic heterocycles. The van der Waals surface area contributed by atoms with Gasteiger partial charge in [0.2, 0.25) is 0 Å². The summed E-state index contributed by atoms with van der Waals surface area (Å²) in [6.45, 7) is 2.15. The van der Waals surface area contributed by atoms with Crippen LogP contribution in [0.2, 0.25) is 5.02 Å². The van der Waals surface area contributed by atoms with E-state index in [0.717, 1.165) is 31.2 Å². The summed E-state index contributed by atoms with van der Waals surface area (Å²) in [6.07, 6.45) is 5.01. The number of rotatable bonds is 6. The van der Waals surface area contributed by atoms with Crippen LogP contribution in [0.5, 0.6) is 0 Å². The summed E-state index contributed by atoms with van der Waals surface area (Å²) < 4.78 is 32.5. The van der Waals surface area contributed by atoms with Crippen LogP contribution in [0.25, 0.3) is 0 Å². The van der Waals surface area contributed by atoms with Crippen LogP contribution in [0.15, 0.2) is 36.4 Å². The molecule has 0 radical (unpaired) electrons. The van der Waals surface area contributed by atoms with Crippen LogP contribution in [-0.2, 0) is 17.8 Å². The molecule has 2 atom stereocenters. The molecule has 2 unspecified atom stereocenters. The molecule has 1 aliphatic rings. The number of hydrogen-bond donors (Lipinski definition) is 2. The van der Waals surface area contributed by atoms with Crippen molar-refractivity contribution in [1.29, 1.82) is 0 Å². The van der Waals surface area contributed by atoms with Crippen molar-refractivity contribution in [2.45, 2.75) is 57.7 Å². The highest BCUT2D eigenvalue weighted by Crippen LogP contribution is 2.27. The normalized spacial score (nSPS) is 22.0. The third kappa shape index (κ3) is 6.99. The number of amides is 1. The Morgan fingerprint density at radius 2 is 2.06 bits per heavy atom. The fourth-order valence-corrected chi connectivity index (χ4v) is 4.27. The van der Waals surface area contributed by atoms with Crippen LogP contribution in [0.3, 0.4) is 0 Å². The number of carbonyl (C=O) groups is 1. The van der Waals surface area contributed by atoms with Gasteiger partial charge in [-0.1, -0.05) is 30.5 Å². The van der Waals surface area contributed by atoms with Crippen molar-refractivity contribution in [2.24, 2.45) is 5.92 Å². The van der Waals surface area contributed by atoms with E-state index in [-0.39, 0.29) is 10.9 Å². The van der Waals surface area contributed by atoms with Gasteiger partial charge in [0.05, 0.1) is 17.2 Å². The Hall–Kier alpha value is -2.02. The maximum atomic E-state index is 13.6. The average molecular weight is 466 g/mol. The van der Waals surface area contributed by atoms with Crippen LogP contribution in [0.1, 0.15) is 60.5 Å². The van der Waals surface area contributed by atoms with Gasteiger partial charge in [0.15, 0.2) is 0 Å². The van der Waals surface area contributed by atoms with Gasteiger partial charge in [-0.2, -0.15) is 0 Å². The predicted octanol–water partition coefficient (Wildman–Crippen LogP) is 6.09. The molecule has 2 aromatic rings. The van der Waals surface area contributed by atoms with Crippen molar-refractivity contribution in [3.63, 3.8) is 0 Å². The van der Waals surface area contributed by atoms with Crippen LogP contribution in [-0.4, -0.2) is 29.8 Å². The van der Waals surface area contributed by atoms with Gasteiger partial charge in [-0.25, -0.2) is 8.78 Å². The molecule has 1 amide bonds. The molecule has 32 heavy (non-hydrogen) atoms. The van der Waals surface area contributed by atoms with E-state index in [2.05, 4.69) is 5.32 Å². The molecule has 0 saturated carbocycles. The molecule has 1 saturated heterocycles. The molecular formula is C25H30ClF2NO3. The van der Waals surface area contributed by atoms with Crippen LogP contribution in [0.4, 0.5) is 14.5 Å². The Labute approximate surface area is 192 Å². The summed E-state index contributed by atoms with van der Waals surface area (Å²) in [6, 6.07) is 8.94. The average Bonchev–Trinajstić information content (AvgIpc) is 2.84. The lowest BCUT2D eigenvalue weighted by atomic mass is 9.89. The van der Waals surface area contributed by atoms with Gasteiger partial charge in [-0.05, 0) is 80.0 Å². The minimum absolute atomic E-state index is 0.0724. The van der Waals surface area contributed by atoms with E-state index in [0.29, 0.717) is 48.8 Å². The highest BCUT2D eigenvalue weighted by Gasteiger charge is 2.23. The summed E-state index contributed by atoms with van der Waals surface area (Å²) >= 11 is 5.78. The number of carbonyl (C=O) groups excluding carboxylic acids is 1. The first-order chi connectivity index (χ1) is 15.3. The highest BCUT2D eigenvalue weighted by molar-refractivity contribution is 6.31. The SMILES string of the molecule is CC1(O)CCCC(CCc2cc(C(=O)Nc3ccc(F)c(Cl)c3)ccc2CF)CCOC1. The second-order valence-electron chi connectivity index (χ2n) is 8.84. The molecular weight excluding hydrogens is 436 g/mol. The molecule has 1 heterocycles. The molecule has 174 valence electrons. The molecule has 0 aliphatic carbocycles. The van der Waals surface area contributed by atoms with Gasteiger partial charge in [0.25, 0.3) is 5.91 Å². The number of aryl methyl sites for hydroxylation is 1. The van der Waals surface area contributed by atoms with Gasteiger partial charge >= 0.3 is 0 Å². The Balaban J connectivity index is 1.66. The second kappa shape index (κ2) is 11.2. The lowest BCUT2D eigenvalue weighted by molar-refractivity contribution is -0.0373. The van der Waals surface area contributed by atoms with Crippen molar-refractivity contribution in [3.8, 4) is 0 Å². The van der Waals surface area contributed by atoms with E-state index in [9.17, 15) is 18.7 Å². The Kier molecular flexibility index (Phi) is 8.63. The standard InChI is InChI=1S/C25H30ClF2NO3/c1-25(31)11-2-3-17(10-12-32-16-25)4-5-18-13-19(6-7-20(18)15-27)24(30)29-21-8-9-23(28)22(26)14-21/h6-9,13-14,17,31H,2-5,10-12,15-16H2,1H3,(H,29,30). The monoisotopic (exact) mass is 465 g/mol. The van der Waals surface area contributed by atoms with E-state index >= 15 is 0 Å². The fourth-order valence-electron chi connectivity index (χ4n) is 4.09. The zero-order valence-corrected chi connectivity index (χ0v) is 19.1. The number of nitrogens with one attached hydrogen (secondary N) is 1. The van der Waals surface area contributed by atoms with Crippen molar-refractivity contribution < 1.29 is 23.4 Å². The Morgan fingerprint density at radius 1 is 1.25 bits per heavy atom. The van der Waals surface area contributed by atoms with Gasteiger partial charge < -0.3 is 15.2 Å². The Morgan fingerprint density at radius 3 is 2.81 bits per heavy atom. The maximum Gasteiger partial charge on any atom is 0.255 e. The summed E-state index contributed by atoms with van der Waals surface area (Å²) in [5.74, 6) is -0.509. The predicted molar refractivity (Wildman–Crippen MR) is 122 cm³/mol. The van der Waals surface area contributed by atoms with Crippen LogP contribution in [0, 0.1) is 11.7 Å². The van der Waals surface area contributed by atoms with E-state index in [1.807, 2.05) is 0 Å². The quantitative estimate of drug-likeness (QED) is 0.542. The molecule has 1 fully saturated rings. The van der Waals surface area contributed by atoms with E-state index in [1.165, 1.54) is 18.2 Å². The lowest BCUT2D eigenvalue weighted by Crippen LogP contribution is -2.30. The Bertz CT molecular complexity index is 935. The van der Waals surface area contributed by atoms with Crippen molar-refractivity contribution in [2.75, 3.05) is 18.5 Å². The molecule has 0 bridgehead atoms. The van der Waals surface area contributed by atoms with E-state index in [4.69, 9.17) is 16.3 Å². The molecule has 0 spiro atoms. The summed E-state index contributed by atoms with van der Waals surface area (Å²) in [7, 11) is 0. The van der Waals surface area contributed by atoms with Crippen LogP contribution < -0.4 is 5.32 Å². The minimum Gasteiger partial charge on any atom is -0.388 e. The smallest absolute Gasteiger partial charge is 0.255 e. The molecule has 3 rings (SSSR count). The highest BCUT2D eigenvalue weighted by atomic mass is 35.5. The molecule has 4 nitrogen and oxygen atoms in total. The number of halogens is 3. The van der Waals surface area contributed by atoms with Gasteiger partial charge in [-0.3, -0.25) is 4.79 Å². The number of anilines is 1. The van der Waals surface area contributed by atoms with Crippen LogP contribution >= 0.6 is 11.6 Å². The molecule has 2 N–H and O–H groups in total. The first kappa shape index (κ1) is 24.6. The van der Waals surface area contributed by atoms with Gasteiger partial charge in [-0.15, -0.1) is 0 Å². The maximum absolute atomic E-state index is 13.6. The second-order valence-corrected chi connectivity index (χ2v) is 9.24. The fraction of sp³-hybridized carbons (Fsp3) is 0.480. The molecule has 1 aliphatic heterocycles. The first-order valence-electron chi connectivity index (χ1n) is 11.0. The van der Waals surface area contributed by atoms with E-state index in [1.54, 1.807) is 25.1 Å². The number of aliphatic hydroxyl groups is 1. The molecule has 2 aromatic carbocycles. The lowest BCUT2D eigenvalue weighted by Gasteiger charge is -2.21. The first-order valence-corrected chi connectivity index (χ1v) is 11.4. The van der Waals surface area contributed by atoms with Gasteiger partial charge in [0.1, 0.15) is 12.5 Å². The summed E-state index contributed by atoms with van der Waals surface area (Å²) in [5, 5.41) is 12.9. The number of ether oxygens (including phenoxy) is 1. The summed E-state index contributed by atoms with van der Waals surface area (Å²) in [4.78, 5) is 12.7. The summed E-state index contributed by atoms with van der Waals surface area (Å²) in [5.41, 5.74) is 1.40. The zero-order valence-electron chi connectivity index (χ0n) is 18.3. The van der Waals surface area contributed by atoms with E-state index < -0.39 is 18.1 Å². The van der Waals surface area contributed by atoms with Gasteiger partial charge in [0, 0.05) is 17.9 Å².